The molecule has 6 heteroatoms. The highest BCUT2D eigenvalue weighted by molar-refractivity contribution is 5.71. The van der Waals surface area contributed by atoms with E-state index < -0.39 is 11.1 Å². The number of nitrogens with zero attached hydrogens (tertiary/aromatic N) is 4. The molecule has 146 valence electrons. The van der Waals surface area contributed by atoms with Crippen molar-refractivity contribution in [2.75, 3.05) is 13.1 Å². The van der Waals surface area contributed by atoms with Crippen molar-refractivity contribution in [3.63, 3.8) is 0 Å². The van der Waals surface area contributed by atoms with Gasteiger partial charge in [-0.2, -0.15) is 0 Å². The van der Waals surface area contributed by atoms with E-state index >= 15 is 0 Å². The molecular weight excluding hydrogens is 352 g/mol. The highest BCUT2D eigenvalue weighted by atomic mass is 16.2. The molecule has 0 aliphatic carbocycles. The number of rotatable bonds is 3. The Bertz CT molecular complexity index is 1140. The lowest BCUT2D eigenvalue weighted by molar-refractivity contribution is 0.179. The van der Waals surface area contributed by atoms with E-state index in [-0.39, 0.29) is 6.04 Å². The van der Waals surface area contributed by atoms with Crippen molar-refractivity contribution in [1.29, 1.82) is 0 Å². The number of benzene rings is 1. The van der Waals surface area contributed by atoms with Gasteiger partial charge in [0.15, 0.2) is 5.65 Å². The normalized spacial score (nSPS) is 16.0. The lowest BCUT2D eigenvalue weighted by atomic mass is 10.0. The molecule has 6 nitrogen and oxygen atoms in total. The second kappa shape index (κ2) is 7.36. The van der Waals surface area contributed by atoms with Crippen LogP contribution < -0.4 is 11.1 Å². The zero-order valence-electron chi connectivity index (χ0n) is 16.7. The fourth-order valence-electron chi connectivity index (χ4n) is 4.17. The van der Waals surface area contributed by atoms with E-state index in [1.165, 1.54) is 15.7 Å². The quantitative estimate of drug-likeness (QED) is 0.657. The van der Waals surface area contributed by atoms with Crippen molar-refractivity contribution in [2.24, 2.45) is 7.05 Å². The third kappa shape index (κ3) is 3.40. The molecule has 0 bridgehead atoms. The van der Waals surface area contributed by atoms with Crippen LogP contribution >= 0.6 is 0 Å². The largest absolute Gasteiger partial charge is 0.318 e. The fraction of sp³-hybridized carbons (Fsp3) is 0.409. The van der Waals surface area contributed by atoms with Crippen LogP contribution in [0.25, 0.3) is 11.2 Å². The number of aryl methyl sites for hydroxylation is 3. The summed E-state index contributed by atoms with van der Waals surface area (Å²) in [5, 5.41) is 0. The van der Waals surface area contributed by atoms with Crippen molar-refractivity contribution in [2.45, 2.75) is 39.3 Å². The Morgan fingerprint density at radius 3 is 2.50 bits per heavy atom. The first-order valence-electron chi connectivity index (χ1n) is 9.81. The van der Waals surface area contributed by atoms with Crippen LogP contribution in [0, 0.1) is 13.8 Å². The summed E-state index contributed by atoms with van der Waals surface area (Å²) >= 11 is 0. The van der Waals surface area contributed by atoms with Crippen molar-refractivity contribution in [1.82, 2.24) is 19.0 Å². The van der Waals surface area contributed by atoms with Gasteiger partial charge in [-0.15, -0.1) is 0 Å². The van der Waals surface area contributed by atoms with Crippen molar-refractivity contribution in [3.8, 4) is 0 Å². The van der Waals surface area contributed by atoms with Gasteiger partial charge in [0.25, 0.3) is 0 Å². The molecule has 1 saturated heterocycles. The van der Waals surface area contributed by atoms with E-state index in [0.717, 1.165) is 38.2 Å². The highest BCUT2D eigenvalue weighted by Gasteiger charge is 2.25. The Kier molecular flexibility index (Phi) is 4.89. The van der Waals surface area contributed by atoms with Gasteiger partial charge in [-0.25, -0.2) is 4.98 Å². The summed E-state index contributed by atoms with van der Waals surface area (Å²) in [4.78, 5) is 32.3. The van der Waals surface area contributed by atoms with E-state index in [4.69, 9.17) is 0 Å². The summed E-state index contributed by atoms with van der Waals surface area (Å²) < 4.78 is 3.06. The number of likely N-dealkylation sites (tertiary alicyclic amines) is 1. The highest BCUT2D eigenvalue weighted by Crippen LogP contribution is 2.25. The molecule has 1 aliphatic heterocycles. The molecule has 1 aromatic carbocycles. The zero-order chi connectivity index (χ0) is 19.8. The fourth-order valence-corrected chi connectivity index (χ4v) is 4.17. The van der Waals surface area contributed by atoms with E-state index in [2.05, 4.69) is 41.1 Å². The smallest absolute Gasteiger partial charge is 0.304 e. The van der Waals surface area contributed by atoms with E-state index in [0.29, 0.717) is 11.2 Å². The van der Waals surface area contributed by atoms with Crippen LogP contribution in [0.3, 0.4) is 0 Å². The number of aromatic nitrogens is 3. The summed E-state index contributed by atoms with van der Waals surface area (Å²) in [7, 11) is 1.64. The molecule has 0 radical (unpaired) electrons. The minimum absolute atomic E-state index is 0.00644. The van der Waals surface area contributed by atoms with Crippen LogP contribution in [0.2, 0.25) is 0 Å². The first-order valence-corrected chi connectivity index (χ1v) is 9.81. The van der Waals surface area contributed by atoms with Crippen molar-refractivity contribution >= 4 is 11.2 Å². The van der Waals surface area contributed by atoms with Crippen LogP contribution in [0.5, 0.6) is 0 Å². The van der Waals surface area contributed by atoms with Gasteiger partial charge in [0.2, 0.25) is 0 Å². The Hall–Kier alpha value is -2.73. The molecule has 28 heavy (non-hydrogen) atoms. The molecule has 0 atom stereocenters. The maximum absolute atomic E-state index is 12.8. The van der Waals surface area contributed by atoms with Crippen LogP contribution in [0.1, 0.15) is 35.7 Å². The van der Waals surface area contributed by atoms with E-state index in [1.807, 2.05) is 19.1 Å². The summed E-state index contributed by atoms with van der Waals surface area (Å²) in [5.74, 6) is 0. The summed E-state index contributed by atoms with van der Waals surface area (Å²) in [6.07, 6.45) is 1.67. The van der Waals surface area contributed by atoms with Crippen molar-refractivity contribution < 1.29 is 0 Å². The minimum atomic E-state index is -0.486. The predicted molar refractivity (Wildman–Crippen MR) is 111 cm³/mol. The van der Waals surface area contributed by atoms with Gasteiger partial charge in [-0.05, 0) is 44.4 Å². The Morgan fingerprint density at radius 2 is 1.79 bits per heavy atom. The first-order chi connectivity index (χ1) is 13.4. The number of fused-ring (bicyclic) bond motifs is 1. The van der Waals surface area contributed by atoms with Crippen molar-refractivity contribution in [3.05, 3.63) is 73.9 Å². The number of hydrogen-bond acceptors (Lipinski definition) is 4. The summed E-state index contributed by atoms with van der Waals surface area (Å²) in [6, 6.07) is 12.3. The molecular formula is C22H26N4O2. The van der Waals surface area contributed by atoms with E-state index in [9.17, 15) is 9.59 Å². The van der Waals surface area contributed by atoms with Gasteiger partial charge in [0.1, 0.15) is 0 Å². The predicted octanol–water partition coefficient (Wildman–Crippen LogP) is 2.55. The van der Waals surface area contributed by atoms with E-state index in [1.54, 1.807) is 11.6 Å². The molecule has 0 amide bonds. The molecule has 2 aromatic heterocycles. The number of hydrogen-bond donors (Lipinski definition) is 0. The molecule has 1 fully saturated rings. The molecule has 0 spiro atoms. The molecule has 3 heterocycles. The van der Waals surface area contributed by atoms with Gasteiger partial charge in [-0.1, -0.05) is 29.8 Å². The number of piperidine rings is 1. The average molecular weight is 378 g/mol. The minimum Gasteiger partial charge on any atom is -0.304 e. The monoisotopic (exact) mass is 378 g/mol. The lowest BCUT2D eigenvalue weighted by Crippen LogP contribution is -2.45. The van der Waals surface area contributed by atoms with Crippen LogP contribution in [0.4, 0.5) is 0 Å². The maximum atomic E-state index is 12.8. The molecule has 4 rings (SSSR count). The second-order valence-corrected chi connectivity index (χ2v) is 7.83. The molecule has 3 aromatic rings. The molecule has 0 N–H and O–H groups in total. The molecule has 0 saturated carbocycles. The average Bonchev–Trinajstić information content (AvgIpc) is 2.68. The summed E-state index contributed by atoms with van der Waals surface area (Å²) in [6.45, 7) is 6.72. The third-order valence-corrected chi connectivity index (χ3v) is 5.70. The van der Waals surface area contributed by atoms with Gasteiger partial charge in [0, 0.05) is 38.4 Å². The zero-order valence-corrected chi connectivity index (χ0v) is 16.7. The van der Waals surface area contributed by atoms with Crippen LogP contribution in [-0.2, 0) is 13.6 Å². The SMILES string of the molecule is Cc1cccc(CN2CCC(n3c(=O)c(=O)n(C)c4ccc(C)nc43)CC2)c1. The van der Waals surface area contributed by atoms with Gasteiger partial charge in [0.05, 0.1) is 5.52 Å². The number of pyridine rings is 1. The Balaban J connectivity index is 1.61. The topological polar surface area (TPSA) is 60.1 Å². The standard InChI is InChI=1S/C22H26N4O2/c1-15-5-4-6-17(13-15)14-25-11-9-18(10-12-25)26-20-19(8-7-16(2)23-20)24(3)21(27)22(26)28/h4-8,13,18H,9-12,14H2,1-3H3. The Labute approximate surface area is 164 Å². The first kappa shape index (κ1) is 18.6. The molecule has 0 unspecified atom stereocenters. The van der Waals surface area contributed by atoms with Crippen LogP contribution in [0.15, 0.2) is 46.0 Å². The Morgan fingerprint density at radius 1 is 1.04 bits per heavy atom. The lowest BCUT2D eigenvalue weighted by Gasteiger charge is -2.33. The van der Waals surface area contributed by atoms with Gasteiger partial charge < -0.3 is 4.57 Å². The maximum Gasteiger partial charge on any atom is 0.318 e. The van der Waals surface area contributed by atoms with Gasteiger partial charge >= 0.3 is 11.1 Å². The second-order valence-electron chi connectivity index (χ2n) is 7.83. The summed E-state index contributed by atoms with van der Waals surface area (Å²) in [5.41, 5.74) is 3.79. The molecule has 1 aliphatic rings. The van der Waals surface area contributed by atoms with Crippen LogP contribution in [-0.4, -0.2) is 32.1 Å². The third-order valence-electron chi connectivity index (χ3n) is 5.70. The van der Waals surface area contributed by atoms with Gasteiger partial charge in [-0.3, -0.25) is 19.1 Å².